The van der Waals surface area contributed by atoms with Crippen LogP contribution in [-0.2, 0) is 13.0 Å². The first kappa shape index (κ1) is 22.2. The summed E-state index contributed by atoms with van der Waals surface area (Å²) < 4.78 is 21.1. The second-order valence-electron chi connectivity index (χ2n) is 8.64. The molecule has 178 valence electrons. The van der Waals surface area contributed by atoms with Crippen molar-refractivity contribution in [3.05, 3.63) is 107 Å². The Hall–Kier alpha value is -4.23. The molecule has 0 spiro atoms. The molecular weight excluding hydrogens is 479 g/mol. The summed E-state index contributed by atoms with van der Waals surface area (Å²) in [6.45, 7) is 0.206. The van der Waals surface area contributed by atoms with Gasteiger partial charge in [0, 0.05) is 41.1 Å². The molecule has 0 aliphatic heterocycles. The highest BCUT2D eigenvalue weighted by atomic mass is 35.5. The van der Waals surface area contributed by atoms with E-state index in [0.29, 0.717) is 28.6 Å². The maximum absolute atomic E-state index is 13.4. The summed E-state index contributed by atoms with van der Waals surface area (Å²) in [5, 5.41) is 4.57. The van der Waals surface area contributed by atoms with E-state index >= 15 is 0 Å². The number of benzene rings is 3. The molecule has 6 nitrogen and oxygen atoms in total. The number of carbonyl (C=O) groups excluding carboxylic acids is 1. The number of Topliss-reactive ketones (excluding diaryl/α,β-unsaturated/α-hetero) is 1. The smallest absolute Gasteiger partial charge is 0.165 e. The minimum absolute atomic E-state index is 0.190. The number of ether oxygens (including phenoxy) is 1. The number of carbonyl (C=O) groups is 1. The van der Waals surface area contributed by atoms with Gasteiger partial charge in [-0.3, -0.25) is 4.79 Å². The Bertz CT molecular complexity index is 1630. The highest BCUT2D eigenvalue weighted by Gasteiger charge is 2.22. The lowest BCUT2D eigenvalue weighted by Gasteiger charge is -2.13. The summed E-state index contributed by atoms with van der Waals surface area (Å²) in [7, 11) is 0. The van der Waals surface area contributed by atoms with Crippen LogP contribution >= 0.6 is 11.6 Å². The molecule has 0 bridgehead atoms. The minimum atomic E-state index is -0.309. The average Bonchev–Trinajstić information content (AvgIpc) is 3.45. The second kappa shape index (κ2) is 9.09. The number of fused-ring (bicyclic) bond motifs is 2. The summed E-state index contributed by atoms with van der Waals surface area (Å²) in [4.78, 5) is 20.9. The Kier molecular flexibility index (Phi) is 5.62. The lowest BCUT2D eigenvalue weighted by atomic mass is 10.2. The number of anilines is 2. The number of aromatic nitrogens is 3. The number of ketones is 1. The Morgan fingerprint density at radius 1 is 1.03 bits per heavy atom. The normalized spacial score (nSPS) is 12.7. The third-order valence-corrected chi connectivity index (χ3v) is 6.52. The summed E-state index contributed by atoms with van der Waals surface area (Å²) >= 11 is 6.46. The highest BCUT2D eigenvalue weighted by Crippen LogP contribution is 2.32. The molecule has 2 heterocycles. The van der Waals surface area contributed by atoms with Crippen molar-refractivity contribution in [2.24, 2.45) is 0 Å². The van der Waals surface area contributed by atoms with Gasteiger partial charge in [-0.05, 0) is 66.1 Å². The highest BCUT2D eigenvalue weighted by molar-refractivity contribution is 6.32. The molecule has 0 radical (unpaired) electrons. The number of nitrogens with one attached hydrogen (secondary N) is 1. The van der Waals surface area contributed by atoms with Crippen molar-refractivity contribution in [2.45, 2.75) is 19.4 Å². The van der Waals surface area contributed by atoms with Gasteiger partial charge in [0.15, 0.2) is 5.78 Å². The van der Waals surface area contributed by atoms with Crippen molar-refractivity contribution < 1.29 is 13.9 Å². The van der Waals surface area contributed by atoms with Gasteiger partial charge in [-0.1, -0.05) is 23.7 Å². The molecule has 1 N–H and O–H groups in total. The van der Waals surface area contributed by atoms with Crippen LogP contribution in [0.3, 0.4) is 0 Å². The van der Waals surface area contributed by atoms with Crippen molar-refractivity contribution in [3.63, 3.8) is 0 Å². The molecule has 0 fully saturated rings. The van der Waals surface area contributed by atoms with Crippen LogP contribution < -0.4 is 10.1 Å². The van der Waals surface area contributed by atoms with Crippen molar-refractivity contribution in [2.75, 3.05) is 5.32 Å². The topological polar surface area (TPSA) is 69.0 Å². The molecule has 0 atom stereocenters. The molecule has 2 aromatic heterocycles. The van der Waals surface area contributed by atoms with Crippen LogP contribution in [0.4, 0.5) is 15.9 Å². The first-order chi connectivity index (χ1) is 17.5. The zero-order valence-electron chi connectivity index (χ0n) is 19.0. The van der Waals surface area contributed by atoms with Crippen molar-refractivity contribution in [3.8, 4) is 11.4 Å². The lowest BCUT2D eigenvalue weighted by molar-refractivity contribution is 0.0994. The molecule has 6 rings (SSSR count). The Morgan fingerprint density at radius 3 is 2.78 bits per heavy atom. The standard InChI is InChI=1S/C28H20ClFN4O2/c29-24-11-20(5-9-27(24)36-15-17-2-1-3-19(30)10-17)33-28-22-12-21(6-7-25(22)31-16-32-28)34-13-18-4-8-26(35)23(18)14-34/h1-3,5-7,9-14,16H,4,8,15H2,(H,31,32,33). The molecule has 8 heteroatoms. The van der Waals surface area contributed by atoms with E-state index in [4.69, 9.17) is 16.3 Å². The average molecular weight is 499 g/mol. The van der Waals surface area contributed by atoms with E-state index in [-0.39, 0.29) is 18.2 Å². The summed E-state index contributed by atoms with van der Waals surface area (Å²) in [6.07, 6.45) is 6.78. The van der Waals surface area contributed by atoms with Crippen LogP contribution in [0.5, 0.6) is 5.75 Å². The van der Waals surface area contributed by atoms with E-state index < -0.39 is 0 Å². The SMILES string of the molecule is O=C1CCc2cn(-c3ccc4ncnc(Nc5ccc(OCc6cccc(F)c6)c(Cl)c5)c4c3)cc21. The van der Waals surface area contributed by atoms with Crippen LogP contribution in [0.25, 0.3) is 16.6 Å². The van der Waals surface area contributed by atoms with Gasteiger partial charge in [0.05, 0.1) is 10.5 Å². The molecule has 0 amide bonds. The van der Waals surface area contributed by atoms with E-state index in [1.54, 1.807) is 24.3 Å². The van der Waals surface area contributed by atoms with E-state index in [1.165, 1.54) is 18.5 Å². The van der Waals surface area contributed by atoms with E-state index in [1.807, 2.05) is 41.2 Å². The van der Waals surface area contributed by atoms with Crippen LogP contribution in [0.1, 0.15) is 27.9 Å². The molecule has 3 aromatic carbocycles. The largest absolute Gasteiger partial charge is 0.487 e. The third-order valence-electron chi connectivity index (χ3n) is 6.23. The van der Waals surface area contributed by atoms with Crippen molar-refractivity contribution >= 4 is 39.8 Å². The fourth-order valence-corrected chi connectivity index (χ4v) is 4.64. The molecule has 1 aliphatic rings. The van der Waals surface area contributed by atoms with Gasteiger partial charge in [-0.2, -0.15) is 0 Å². The quantitative estimate of drug-likeness (QED) is 0.283. The Labute approximate surface area is 211 Å². The number of aryl methyl sites for hydroxylation is 1. The van der Waals surface area contributed by atoms with Gasteiger partial charge in [0.25, 0.3) is 0 Å². The zero-order valence-corrected chi connectivity index (χ0v) is 19.8. The molecule has 5 aromatic rings. The zero-order chi connectivity index (χ0) is 24.6. The summed E-state index contributed by atoms with van der Waals surface area (Å²) in [6, 6.07) is 17.5. The maximum atomic E-state index is 13.4. The van der Waals surface area contributed by atoms with Crippen molar-refractivity contribution in [1.29, 1.82) is 0 Å². The lowest BCUT2D eigenvalue weighted by Crippen LogP contribution is -1.99. The van der Waals surface area contributed by atoms with Gasteiger partial charge in [-0.15, -0.1) is 0 Å². The molecule has 36 heavy (non-hydrogen) atoms. The fourth-order valence-electron chi connectivity index (χ4n) is 4.40. The van der Waals surface area contributed by atoms with Gasteiger partial charge < -0.3 is 14.6 Å². The third kappa shape index (κ3) is 4.29. The van der Waals surface area contributed by atoms with Crippen LogP contribution in [0, 0.1) is 5.82 Å². The van der Waals surface area contributed by atoms with Crippen LogP contribution in [0.2, 0.25) is 5.02 Å². The van der Waals surface area contributed by atoms with Gasteiger partial charge >= 0.3 is 0 Å². The molecule has 0 saturated heterocycles. The molecular formula is C28H20ClFN4O2. The molecule has 1 aliphatic carbocycles. The predicted octanol–water partition coefficient (Wildman–Crippen LogP) is 6.66. The number of rotatable bonds is 6. The number of hydrogen-bond donors (Lipinski definition) is 1. The maximum Gasteiger partial charge on any atom is 0.165 e. The van der Waals surface area contributed by atoms with Gasteiger partial charge in [0.2, 0.25) is 0 Å². The Morgan fingerprint density at radius 2 is 1.94 bits per heavy atom. The van der Waals surface area contributed by atoms with Gasteiger partial charge in [0.1, 0.15) is 30.3 Å². The molecule has 0 saturated carbocycles. The van der Waals surface area contributed by atoms with E-state index in [0.717, 1.165) is 39.8 Å². The van der Waals surface area contributed by atoms with E-state index in [9.17, 15) is 9.18 Å². The first-order valence-corrected chi connectivity index (χ1v) is 11.8. The Balaban J connectivity index is 1.25. The number of halogens is 2. The van der Waals surface area contributed by atoms with Crippen LogP contribution in [-0.4, -0.2) is 20.3 Å². The fraction of sp³-hybridized carbons (Fsp3) is 0.107. The number of hydrogen-bond acceptors (Lipinski definition) is 5. The number of nitrogens with zero attached hydrogens (tertiary/aromatic N) is 3. The van der Waals surface area contributed by atoms with Crippen LogP contribution in [0.15, 0.2) is 79.4 Å². The first-order valence-electron chi connectivity index (χ1n) is 11.5. The minimum Gasteiger partial charge on any atom is -0.487 e. The van der Waals surface area contributed by atoms with Gasteiger partial charge in [-0.25, -0.2) is 14.4 Å². The second-order valence-corrected chi connectivity index (χ2v) is 9.05. The van der Waals surface area contributed by atoms with E-state index in [2.05, 4.69) is 15.3 Å². The van der Waals surface area contributed by atoms with Crippen molar-refractivity contribution in [1.82, 2.24) is 14.5 Å². The predicted molar refractivity (Wildman–Crippen MR) is 137 cm³/mol. The molecule has 0 unspecified atom stereocenters. The monoisotopic (exact) mass is 498 g/mol. The summed E-state index contributed by atoms with van der Waals surface area (Å²) in [5.74, 6) is 1.01. The summed E-state index contributed by atoms with van der Waals surface area (Å²) in [5.41, 5.74) is 5.03.